The van der Waals surface area contributed by atoms with E-state index in [1.165, 1.54) is 0 Å². The molecule has 0 radical (unpaired) electrons. The summed E-state index contributed by atoms with van der Waals surface area (Å²) >= 11 is 0. The number of carbonyl (C=O) groups is 2. The van der Waals surface area contributed by atoms with Gasteiger partial charge in [-0.2, -0.15) is 0 Å². The third-order valence-electron chi connectivity index (χ3n) is 4.43. The van der Waals surface area contributed by atoms with E-state index in [-0.39, 0.29) is 30.0 Å². The first-order valence-corrected chi connectivity index (χ1v) is 8.21. The number of hydrogen-bond acceptors (Lipinski definition) is 3. The highest BCUT2D eigenvalue weighted by molar-refractivity contribution is 5.85. The van der Waals surface area contributed by atoms with Gasteiger partial charge in [-0.05, 0) is 48.8 Å². The third kappa shape index (κ3) is 4.24. The first kappa shape index (κ1) is 17.3. The highest BCUT2D eigenvalue weighted by Gasteiger charge is 2.29. The van der Waals surface area contributed by atoms with Gasteiger partial charge in [-0.25, -0.2) is 0 Å². The number of phenols is 1. The third-order valence-corrected chi connectivity index (χ3v) is 4.43. The molecular weight excluding hydrogens is 294 g/mol. The van der Waals surface area contributed by atoms with E-state index >= 15 is 0 Å². The number of carboxylic acid groups (broad SMARTS) is 1. The summed E-state index contributed by atoms with van der Waals surface area (Å²) in [6, 6.07) is 5.27. The van der Waals surface area contributed by atoms with Gasteiger partial charge in [0.05, 0.1) is 11.8 Å². The lowest BCUT2D eigenvalue weighted by atomic mass is 9.81. The predicted octanol–water partition coefficient (Wildman–Crippen LogP) is 2.68. The Kier molecular flexibility index (Phi) is 5.64. The van der Waals surface area contributed by atoms with Crippen LogP contribution in [0.25, 0.3) is 0 Å². The zero-order valence-corrected chi connectivity index (χ0v) is 13.7. The van der Waals surface area contributed by atoms with E-state index in [2.05, 4.69) is 5.32 Å². The summed E-state index contributed by atoms with van der Waals surface area (Å²) in [5.74, 6) is -1.39. The van der Waals surface area contributed by atoms with E-state index in [9.17, 15) is 19.8 Å². The Labute approximate surface area is 136 Å². The molecule has 23 heavy (non-hydrogen) atoms. The summed E-state index contributed by atoms with van der Waals surface area (Å²) in [5.41, 5.74) is 1.71. The Morgan fingerprint density at radius 1 is 1.35 bits per heavy atom. The van der Waals surface area contributed by atoms with Crippen LogP contribution in [0.3, 0.4) is 0 Å². The minimum absolute atomic E-state index is 0.147. The van der Waals surface area contributed by atoms with Crippen molar-refractivity contribution in [2.24, 2.45) is 11.8 Å². The van der Waals surface area contributed by atoms with Gasteiger partial charge in [-0.15, -0.1) is 0 Å². The van der Waals surface area contributed by atoms with Gasteiger partial charge in [0.1, 0.15) is 5.75 Å². The summed E-state index contributed by atoms with van der Waals surface area (Å²) in [7, 11) is 0. The molecule has 0 aromatic heterocycles. The molecule has 0 saturated carbocycles. The van der Waals surface area contributed by atoms with Crippen LogP contribution in [0.15, 0.2) is 18.2 Å². The van der Waals surface area contributed by atoms with Gasteiger partial charge in [0.15, 0.2) is 0 Å². The maximum absolute atomic E-state index is 12.5. The van der Waals surface area contributed by atoms with E-state index in [1.54, 1.807) is 12.1 Å². The summed E-state index contributed by atoms with van der Waals surface area (Å²) in [5, 5.41) is 22.0. The molecule has 0 bridgehead atoms. The maximum atomic E-state index is 12.5. The molecule has 0 spiro atoms. The minimum atomic E-state index is -0.874. The van der Waals surface area contributed by atoms with E-state index in [4.69, 9.17) is 0 Å². The lowest BCUT2D eigenvalue weighted by Crippen LogP contribution is -2.37. The Hall–Kier alpha value is -2.04. The number of fused-ring (bicyclic) bond motifs is 1. The number of amides is 1. The van der Waals surface area contributed by atoms with Crippen molar-refractivity contribution in [2.75, 3.05) is 6.54 Å². The van der Waals surface area contributed by atoms with Crippen molar-refractivity contribution in [3.63, 3.8) is 0 Å². The van der Waals surface area contributed by atoms with Crippen LogP contribution in [0, 0.1) is 11.8 Å². The summed E-state index contributed by atoms with van der Waals surface area (Å²) < 4.78 is 0. The van der Waals surface area contributed by atoms with Crippen molar-refractivity contribution in [1.82, 2.24) is 5.32 Å². The lowest BCUT2D eigenvalue weighted by molar-refractivity contribution is -0.142. The molecule has 0 fully saturated rings. The van der Waals surface area contributed by atoms with E-state index in [0.29, 0.717) is 6.42 Å². The second kappa shape index (κ2) is 7.49. The summed E-state index contributed by atoms with van der Waals surface area (Å²) in [6.45, 7) is 4.09. The summed E-state index contributed by atoms with van der Waals surface area (Å²) in [6.07, 6.45) is 2.88. The Morgan fingerprint density at radius 3 is 2.74 bits per heavy atom. The monoisotopic (exact) mass is 319 g/mol. The Balaban J connectivity index is 2.05. The fraction of sp³-hybridized carbons (Fsp3) is 0.556. The molecule has 3 N–H and O–H groups in total. The molecule has 0 unspecified atom stereocenters. The van der Waals surface area contributed by atoms with Crippen molar-refractivity contribution >= 4 is 11.9 Å². The Morgan fingerprint density at radius 2 is 2.09 bits per heavy atom. The maximum Gasteiger partial charge on any atom is 0.308 e. The van der Waals surface area contributed by atoms with Crippen LogP contribution < -0.4 is 5.32 Å². The van der Waals surface area contributed by atoms with Gasteiger partial charge in [0.25, 0.3) is 0 Å². The first-order valence-electron chi connectivity index (χ1n) is 8.21. The van der Waals surface area contributed by atoms with Gasteiger partial charge in [-0.3, -0.25) is 9.59 Å². The number of carboxylic acids is 1. The molecule has 1 aromatic rings. The molecule has 2 atom stereocenters. The van der Waals surface area contributed by atoms with E-state index in [0.717, 1.165) is 30.4 Å². The molecule has 126 valence electrons. The molecule has 0 heterocycles. The number of benzene rings is 1. The molecule has 2 rings (SSSR count). The molecule has 1 aliphatic rings. The molecule has 1 aliphatic carbocycles. The van der Waals surface area contributed by atoms with E-state index < -0.39 is 11.9 Å². The van der Waals surface area contributed by atoms with E-state index in [1.807, 2.05) is 19.9 Å². The topological polar surface area (TPSA) is 86.6 Å². The Bertz CT molecular complexity index is 582. The number of phenolic OH excluding ortho intramolecular Hbond substituents is 1. The van der Waals surface area contributed by atoms with Crippen LogP contribution in [0.5, 0.6) is 5.75 Å². The average Bonchev–Trinajstić information content (AvgIpc) is 2.50. The number of hydrogen-bond donors (Lipinski definition) is 3. The van der Waals surface area contributed by atoms with Crippen LogP contribution in [-0.2, 0) is 16.0 Å². The van der Waals surface area contributed by atoms with Gasteiger partial charge in [0.2, 0.25) is 5.91 Å². The smallest absolute Gasteiger partial charge is 0.308 e. The van der Waals surface area contributed by atoms with Crippen LogP contribution in [0.4, 0.5) is 0 Å². The highest BCUT2D eigenvalue weighted by atomic mass is 16.4. The lowest BCUT2D eigenvalue weighted by Gasteiger charge is -2.26. The number of nitrogens with one attached hydrogen (secondary N) is 1. The molecule has 1 amide bonds. The van der Waals surface area contributed by atoms with Gasteiger partial charge in [-0.1, -0.05) is 26.0 Å². The zero-order chi connectivity index (χ0) is 17.0. The van der Waals surface area contributed by atoms with Gasteiger partial charge < -0.3 is 15.5 Å². The second-order valence-electron chi connectivity index (χ2n) is 6.70. The van der Waals surface area contributed by atoms with Crippen molar-refractivity contribution in [3.05, 3.63) is 29.3 Å². The molecule has 5 nitrogen and oxygen atoms in total. The standard InChI is InChI=1S/C18H25NO4/c1-11(2)9-12(18(22)23)10-19-17(21)15-7-3-6-14-13(15)5-4-8-16(14)20/h4-5,8,11-12,15,20H,3,6-7,9-10H2,1-2H3,(H,19,21)(H,22,23)/t12-,15+/m0/s1. The highest BCUT2D eigenvalue weighted by Crippen LogP contribution is 2.36. The summed E-state index contributed by atoms with van der Waals surface area (Å²) in [4.78, 5) is 23.8. The SMILES string of the molecule is CC(C)C[C@@H](CNC(=O)[C@@H]1CCCc2c(O)cccc21)C(=O)O. The van der Waals surface area contributed by atoms with Crippen molar-refractivity contribution in [3.8, 4) is 5.75 Å². The molecule has 0 saturated heterocycles. The minimum Gasteiger partial charge on any atom is -0.508 e. The largest absolute Gasteiger partial charge is 0.508 e. The van der Waals surface area contributed by atoms with Crippen molar-refractivity contribution in [1.29, 1.82) is 0 Å². The predicted molar refractivity (Wildman–Crippen MR) is 87.4 cm³/mol. The van der Waals surface area contributed by atoms with Gasteiger partial charge >= 0.3 is 5.97 Å². The van der Waals surface area contributed by atoms with Crippen LogP contribution in [0.1, 0.15) is 50.2 Å². The molecule has 1 aromatic carbocycles. The average molecular weight is 319 g/mol. The van der Waals surface area contributed by atoms with Gasteiger partial charge in [0, 0.05) is 6.54 Å². The second-order valence-corrected chi connectivity index (χ2v) is 6.70. The number of carbonyl (C=O) groups excluding carboxylic acids is 1. The van der Waals surface area contributed by atoms with Crippen molar-refractivity contribution in [2.45, 2.75) is 45.4 Å². The molecular formula is C18H25NO4. The van der Waals surface area contributed by atoms with Crippen molar-refractivity contribution < 1.29 is 19.8 Å². The first-order chi connectivity index (χ1) is 10.9. The number of aliphatic carboxylic acids is 1. The zero-order valence-electron chi connectivity index (χ0n) is 13.7. The quantitative estimate of drug-likeness (QED) is 0.752. The fourth-order valence-electron chi connectivity index (χ4n) is 3.29. The molecule has 5 heteroatoms. The number of rotatable bonds is 6. The van der Waals surface area contributed by atoms with Crippen LogP contribution in [0.2, 0.25) is 0 Å². The van der Waals surface area contributed by atoms with Crippen LogP contribution in [-0.4, -0.2) is 28.6 Å². The van der Waals surface area contributed by atoms with Crippen LogP contribution >= 0.6 is 0 Å². The normalized spacial score (nSPS) is 18.3. The number of aromatic hydroxyl groups is 1. The fourth-order valence-corrected chi connectivity index (χ4v) is 3.29. The molecule has 0 aliphatic heterocycles.